The third-order valence-corrected chi connectivity index (χ3v) is 6.49. The number of nitrogens with one attached hydrogen (secondary N) is 1. The topological polar surface area (TPSA) is 99.5 Å². The maximum absolute atomic E-state index is 12.6. The Hall–Kier alpha value is -2.73. The molecule has 1 fully saturated rings. The number of ketones is 1. The molecule has 3 rings (SSSR count). The van der Waals surface area contributed by atoms with Gasteiger partial charge in [0.15, 0.2) is 5.78 Å². The van der Waals surface area contributed by atoms with Gasteiger partial charge in [-0.25, -0.2) is 13.4 Å². The molecule has 158 valence electrons. The van der Waals surface area contributed by atoms with Crippen LogP contribution < -0.4 is 9.57 Å². The zero-order valence-corrected chi connectivity index (χ0v) is 17.7. The van der Waals surface area contributed by atoms with E-state index in [4.69, 9.17) is 10.00 Å². The van der Waals surface area contributed by atoms with Gasteiger partial charge in [-0.1, -0.05) is 0 Å². The summed E-state index contributed by atoms with van der Waals surface area (Å²) >= 11 is 0. The second kappa shape index (κ2) is 9.85. The van der Waals surface area contributed by atoms with Crippen molar-refractivity contribution in [3.05, 3.63) is 59.7 Å². The van der Waals surface area contributed by atoms with Crippen molar-refractivity contribution in [2.24, 2.45) is 0 Å². The van der Waals surface area contributed by atoms with Crippen molar-refractivity contribution >= 4 is 15.8 Å². The van der Waals surface area contributed by atoms with Gasteiger partial charge >= 0.3 is 0 Å². The van der Waals surface area contributed by atoms with E-state index >= 15 is 0 Å². The molecule has 1 aliphatic rings. The lowest BCUT2D eigenvalue weighted by Crippen LogP contribution is -2.45. The molecular weight excluding hydrogens is 402 g/mol. The highest BCUT2D eigenvalue weighted by atomic mass is 32.2. The lowest BCUT2D eigenvalue weighted by Gasteiger charge is -2.25. The fraction of sp³-hybridized carbons (Fsp3) is 0.364. The summed E-state index contributed by atoms with van der Waals surface area (Å²) < 4.78 is 31.0. The monoisotopic (exact) mass is 427 g/mol. The minimum absolute atomic E-state index is 0.0198. The summed E-state index contributed by atoms with van der Waals surface area (Å²) in [4.78, 5) is 14.1. The van der Waals surface area contributed by atoms with Crippen LogP contribution in [0.4, 0.5) is 0 Å². The van der Waals surface area contributed by atoms with Gasteiger partial charge < -0.3 is 4.74 Å². The molecule has 2 aromatic rings. The Labute approximate surface area is 177 Å². The zero-order chi connectivity index (χ0) is 21.6. The Morgan fingerprint density at radius 2 is 1.90 bits per heavy atom. The molecule has 0 spiro atoms. The van der Waals surface area contributed by atoms with Crippen LogP contribution in [0.15, 0.2) is 53.4 Å². The number of hydrogen-bond donors (Lipinski definition) is 1. The van der Waals surface area contributed by atoms with Crippen LogP contribution in [-0.4, -0.2) is 38.4 Å². The number of nitrogens with zero attached hydrogens (tertiary/aromatic N) is 2. The number of nitriles is 1. The van der Waals surface area contributed by atoms with Crippen LogP contribution in [0.3, 0.4) is 0 Å². The van der Waals surface area contributed by atoms with Crippen molar-refractivity contribution < 1.29 is 17.9 Å². The van der Waals surface area contributed by atoms with Crippen LogP contribution in [0.5, 0.6) is 5.75 Å². The predicted octanol–water partition coefficient (Wildman–Crippen LogP) is 3.28. The summed E-state index contributed by atoms with van der Waals surface area (Å²) in [5.74, 6) is 0.733. The van der Waals surface area contributed by atoms with E-state index in [2.05, 4.69) is 4.83 Å². The van der Waals surface area contributed by atoms with Gasteiger partial charge in [0.25, 0.3) is 10.0 Å². The molecule has 1 heterocycles. The number of sulfonamides is 1. The summed E-state index contributed by atoms with van der Waals surface area (Å²) in [7, 11) is -3.68. The molecule has 1 N–H and O–H groups in total. The SMILES string of the molecule is CC(=O)c1ccc(OCCC[C@H]2CCCN2NS(=O)(=O)c2ccc(C#N)cc2)cc1. The van der Waals surface area contributed by atoms with Crippen LogP contribution >= 0.6 is 0 Å². The van der Waals surface area contributed by atoms with Gasteiger partial charge in [-0.3, -0.25) is 4.79 Å². The van der Waals surface area contributed by atoms with Crippen LogP contribution in [0.1, 0.15) is 48.5 Å². The zero-order valence-electron chi connectivity index (χ0n) is 16.9. The molecule has 0 bridgehead atoms. The normalized spacial score (nSPS) is 16.9. The van der Waals surface area contributed by atoms with Crippen LogP contribution in [0.25, 0.3) is 0 Å². The van der Waals surface area contributed by atoms with E-state index in [0.717, 1.165) is 25.7 Å². The number of ether oxygens (including phenoxy) is 1. The number of benzene rings is 2. The second-order valence-corrected chi connectivity index (χ2v) is 8.95. The van der Waals surface area contributed by atoms with Crippen LogP contribution in [-0.2, 0) is 10.0 Å². The Bertz CT molecular complexity index is 1010. The molecule has 7 nitrogen and oxygen atoms in total. The van der Waals surface area contributed by atoms with Gasteiger partial charge in [-0.2, -0.15) is 5.26 Å². The van der Waals surface area contributed by atoms with E-state index in [1.807, 2.05) is 6.07 Å². The van der Waals surface area contributed by atoms with E-state index in [9.17, 15) is 13.2 Å². The Morgan fingerprint density at radius 3 is 2.53 bits per heavy atom. The molecule has 0 radical (unpaired) electrons. The van der Waals surface area contributed by atoms with Crippen molar-refractivity contribution in [2.75, 3.05) is 13.2 Å². The van der Waals surface area contributed by atoms with Gasteiger partial charge in [0, 0.05) is 18.2 Å². The number of carbonyl (C=O) groups excluding carboxylic acids is 1. The first-order valence-corrected chi connectivity index (χ1v) is 11.4. The van der Waals surface area contributed by atoms with E-state index in [1.165, 1.54) is 31.2 Å². The van der Waals surface area contributed by atoms with E-state index in [0.29, 0.717) is 30.0 Å². The largest absolute Gasteiger partial charge is 0.494 e. The maximum atomic E-state index is 12.6. The van der Waals surface area contributed by atoms with Crippen molar-refractivity contribution in [2.45, 2.75) is 43.5 Å². The highest BCUT2D eigenvalue weighted by molar-refractivity contribution is 7.89. The van der Waals surface area contributed by atoms with Crippen molar-refractivity contribution in [3.63, 3.8) is 0 Å². The van der Waals surface area contributed by atoms with E-state index in [-0.39, 0.29) is 16.7 Å². The highest BCUT2D eigenvalue weighted by Crippen LogP contribution is 2.22. The number of Topliss-reactive ketones (excluding diaryl/α,β-unsaturated/α-hetero) is 1. The average molecular weight is 428 g/mol. The average Bonchev–Trinajstić information content (AvgIpc) is 3.17. The predicted molar refractivity (Wildman–Crippen MR) is 112 cm³/mol. The summed E-state index contributed by atoms with van der Waals surface area (Å²) in [6.07, 6.45) is 3.44. The van der Waals surface area contributed by atoms with E-state index in [1.54, 1.807) is 29.3 Å². The lowest BCUT2D eigenvalue weighted by molar-refractivity contribution is 0.101. The minimum Gasteiger partial charge on any atom is -0.494 e. The fourth-order valence-electron chi connectivity index (χ4n) is 3.47. The Kier molecular flexibility index (Phi) is 7.21. The second-order valence-electron chi connectivity index (χ2n) is 7.29. The van der Waals surface area contributed by atoms with Crippen molar-refractivity contribution in [1.29, 1.82) is 5.26 Å². The number of rotatable bonds is 9. The van der Waals surface area contributed by atoms with Gasteiger partial charge in [0.2, 0.25) is 0 Å². The summed E-state index contributed by atoms with van der Waals surface area (Å²) in [6.45, 7) is 2.71. The Morgan fingerprint density at radius 1 is 1.20 bits per heavy atom. The summed E-state index contributed by atoms with van der Waals surface area (Å²) in [5.41, 5.74) is 1.07. The highest BCUT2D eigenvalue weighted by Gasteiger charge is 2.28. The molecular formula is C22H25N3O4S. The van der Waals surface area contributed by atoms with Gasteiger partial charge in [-0.05, 0) is 81.1 Å². The maximum Gasteiger partial charge on any atom is 0.253 e. The molecule has 1 aliphatic heterocycles. The molecule has 0 saturated carbocycles. The molecule has 0 unspecified atom stereocenters. The number of hydrogen-bond acceptors (Lipinski definition) is 6. The third kappa shape index (κ3) is 5.66. The van der Waals surface area contributed by atoms with Crippen LogP contribution in [0, 0.1) is 11.3 Å². The molecule has 0 aromatic heterocycles. The van der Waals surface area contributed by atoms with Crippen molar-refractivity contribution in [1.82, 2.24) is 9.84 Å². The van der Waals surface area contributed by atoms with Crippen LogP contribution in [0.2, 0.25) is 0 Å². The fourth-order valence-corrected chi connectivity index (χ4v) is 4.62. The van der Waals surface area contributed by atoms with Gasteiger partial charge in [0.05, 0.1) is 23.1 Å². The first-order chi connectivity index (χ1) is 14.4. The lowest BCUT2D eigenvalue weighted by atomic mass is 10.1. The number of hydrazine groups is 1. The van der Waals surface area contributed by atoms with Crippen molar-refractivity contribution in [3.8, 4) is 11.8 Å². The Balaban J connectivity index is 1.49. The van der Waals surface area contributed by atoms with Gasteiger partial charge in [-0.15, -0.1) is 4.83 Å². The summed E-state index contributed by atoms with van der Waals surface area (Å²) in [5, 5.41) is 10.6. The summed E-state index contributed by atoms with van der Waals surface area (Å²) in [6, 6.07) is 15.0. The van der Waals surface area contributed by atoms with Gasteiger partial charge in [0.1, 0.15) is 5.75 Å². The third-order valence-electron chi connectivity index (χ3n) is 5.12. The molecule has 1 saturated heterocycles. The van der Waals surface area contributed by atoms with E-state index < -0.39 is 10.0 Å². The molecule has 30 heavy (non-hydrogen) atoms. The molecule has 8 heteroatoms. The molecule has 2 aromatic carbocycles. The minimum atomic E-state index is -3.68. The quantitative estimate of drug-likeness (QED) is 0.487. The molecule has 1 atom stereocenters. The first-order valence-electron chi connectivity index (χ1n) is 9.92. The molecule has 0 aliphatic carbocycles. The first kappa shape index (κ1) is 22.0. The number of carbonyl (C=O) groups is 1. The standard InChI is InChI=1S/C22H25N3O4S/c1-17(26)19-8-10-21(11-9-19)29-15-3-5-20-4-2-14-25(20)24-30(27,28)22-12-6-18(16-23)7-13-22/h6-13,20,24H,2-5,14-15H2,1H3/t20-/m1/s1. The smallest absolute Gasteiger partial charge is 0.253 e. The molecule has 0 amide bonds.